The average molecular weight is 418 g/mol. The van der Waals surface area contributed by atoms with Gasteiger partial charge in [0, 0.05) is 23.7 Å². The number of methoxy groups -OCH3 is 1. The molecule has 0 spiro atoms. The van der Waals surface area contributed by atoms with Crippen molar-refractivity contribution in [2.24, 2.45) is 5.92 Å². The van der Waals surface area contributed by atoms with Gasteiger partial charge in [-0.2, -0.15) is 4.98 Å². The van der Waals surface area contributed by atoms with Gasteiger partial charge < -0.3 is 14.2 Å². The summed E-state index contributed by atoms with van der Waals surface area (Å²) < 4.78 is 10.7. The summed E-state index contributed by atoms with van der Waals surface area (Å²) >= 11 is 0. The first-order valence-corrected chi connectivity index (χ1v) is 10.8. The first-order chi connectivity index (χ1) is 15.2. The number of fused-ring (bicyclic) bond motifs is 1. The summed E-state index contributed by atoms with van der Waals surface area (Å²) in [6.07, 6.45) is 2.67. The Morgan fingerprint density at radius 1 is 1.10 bits per heavy atom. The van der Waals surface area contributed by atoms with E-state index in [1.807, 2.05) is 41.3 Å². The standard InChI is InChI=1S/C24H26N4O3/c1-30-20-8-6-18(7-9-20)23-25-22(31-26-23)16-27-13-10-19(11-14-27)24(29)28-15-12-17-4-2-3-5-21(17)28/h2-9,19H,10-16H2,1H3. The van der Waals surface area contributed by atoms with Gasteiger partial charge in [-0.15, -0.1) is 0 Å². The van der Waals surface area contributed by atoms with Gasteiger partial charge in [0.2, 0.25) is 17.6 Å². The van der Waals surface area contributed by atoms with Crippen LogP contribution < -0.4 is 9.64 Å². The molecule has 0 bridgehead atoms. The van der Waals surface area contributed by atoms with Gasteiger partial charge in [-0.1, -0.05) is 23.4 Å². The SMILES string of the molecule is COc1ccc(-c2noc(CN3CCC(C(=O)N4CCc5ccccc54)CC3)n2)cc1. The van der Waals surface area contributed by atoms with Gasteiger partial charge in [0.15, 0.2) is 0 Å². The third-order valence-corrected chi connectivity index (χ3v) is 6.27. The van der Waals surface area contributed by atoms with Crippen molar-refractivity contribution in [2.45, 2.75) is 25.8 Å². The van der Waals surface area contributed by atoms with E-state index in [9.17, 15) is 4.79 Å². The smallest absolute Gasteiger partial charge is 0.241 e. The Bertz CT molecular complexity index is 1050. The topological polar surface area (TPSA) is 71.7 Å². The molecule has 31 heavy (non-hydrogen) atoms. The summed E-state index contributed by atoms with van der Waals surface area (Å²) in [5, 5.41) is 4.11. The number of nitrogens with zero attached hydrogens (tertiary/aromatic N) is 4. The monoisotopic (exact) mass is 418 g/mol. The van der Waals surface area contributed by atoms with Crippen LogP contribution in [0.25, 0.3) is 11.4 Å². The molecule has 1 aromatic heterocycles. The van der Waals surface area contributed by atoms with Gasteiger partial charge in [0.05, 0.1) is 13.7 Å². The fourth-order valence-electron chi connectivity index (χ4n) is 4.49. The number of carbonyl (C=O) groups is 1. The highest BCUT2D eigenvalue weighted by atomic mass is 16.5. The lowest BCUT2D eigenvalue weighted by atomic mass is 9.95. The fourth-order valence-corrected chi connectivity index (χ4v) is 4.49. The molecule has 0 aliphatic carbocycles. The molecule has 2 aromatic carbocycles. The Morgan fingerprint density at radius 3 is 2.65 bits per heavy atom. The van der Waals surface area contributed by atoms with Gasteiger partial charge >= 0.3 is 0 Å². The summed E-state index contributed by atoms with van der Waals surface area (Å²) in [6.45, 7) is 3.11. The van der Waals surface area contributed by atoms with E-state index in [2.05, 4.69) is 27.2 Å². The number of hydrogen-bond acceptors (Lipinski definition) is 6. The molecule has 3 heterocycles. The largest absolute Gasteiger partial charge is 0.497 e. The highest BCUT2D eigenvalue weighted by Crippen LogP contribution is 2.31. The third-order valence-electron chi connectivity index (χ3n) is 6.27. The molecule has 0 N–H and O–H groups in total. The zero-order chi connectivity index (χ0) is 21.2. The normalized spacial score (nSPS) is 17.0. The summed E-state index contributed by atoms with van der Waals surface area (Å²) in [4.78, 5) is 21.9. The van der Waals surface area contributed by atoms with Gasteiger partial charge in [-0.05, 0) is 68.2 Å². The molecule has 0 radical (unpaired) electrons. The van der Waals surface area contributed by atoms with E-state index in [-0.39, 0.29) is 11.8 Å². The summed E-state index contributed by atoms with van der Waals surface area (Å²) in [5.41, 5.74) is 3.26. The van der Waals surface area contributed by atoms with E-state index < -0.39 is 0 Å². The number of carbonyl (C=O) groups excluding carboxylic acids is 1. The van der Waals surface area contributed by atoms with Gasteiger partial charge in [-0.25, -0.2) is 0 Å². The Kier molecular flexibility index (Phi) is 5.42. The van der Waals surface area contributed by atoms with Crippen LogP contribution in [0.4, 0.5) is 5.69 Å². The zero-order valence-electron chi connectivity index (χ0n) is 17.7. The maximum absolute atomic E-state index is 13.1. The number of para-hydroxylation sites is 1. The lowest BCUT2D eigenvalue weighted by molar-refractivity contribution is -0.123. The Morgan fingerprint density at radius 2 is 1.87 bits per heavy atom. The van der Waals surface area contributed by atoms with Gasteiger partial charge in [0.1, 0.15) is 5.75 Å². The molecular weight excluding hydrogens is 392 g/mol. The van der Waals surface area contributed by atoms with Crippen molar-refractivity contribution in [3.63, 3.8) is 0 Å². The van der Waals surface area contributed by atoms with Crippen molar-refractivity contribution in [1.29, 1.82) is 0 Å². The van der Waals surface area contributed by atoms with E-state index in [0.29, 0.717) is 18.3 Å². The van der Waals surface area contributed by atoms with Crippen LogP contribution in [0, 0.1) is 5.92 Å². The van der Waals surface area contributed by atoms with E-state index in [4.69, 9.17) is 9.26 Å². The second kappa shape index (κ2) is 8.51. The van der Waals surface area contributed by atoms with E-state index >= 15 is 0 Å². The maximum Gasteiger partial charge on any atom is 0.241 e. The van der Waals surface area contributed by atoms with E-state index in [1.54, 1.807) is 7.11 Å². The van der Waals surface area contributed by atoms with Crippen LogP contribution in [0.1, 0.15) is 24.3 Å². The molecule has 0 unspecified atom stereocenters. The summed E-state index contributed by atoms with van der Waals surface area (Å²) in [7, 11) is 1.64. The average Bonchev–Trinajstić information content (AvgIpc) is 3.46. The number of piperidine rings is 1. The number of ether oxygens (including phenoxy) is 1. The number of benzene rings is 2. The lowest BCUT2D eigenvalue weighted by Crippen LogP contribution is -2.42. The maximum atomic E-state index is 13.1. The molecule has 2 aliphatic heterocycles. The molecule has 0 saturated carbocycles. The van der Waals surface area contributed by atoms with Crippen molar-refractivity contribution in [2.75, 3.05) is 31.6 Å². The Hall–Kier alpha value is -3.19. The number of rotatable bonds is 5. The molecule has 5 rings (SSSR count). The molecule has 1 fully saturated rings. The zero-order valence-corrected chi connectivity index (χ0v) is 17.7. The third kappa shape index (κ3) is 4.05. The molecule has 7 heteroatoms. The van der Waals surface area contributed by atoms with Crippen molar-refractivity contribution in [1.82, 2.24) is 15.0 Å². The minimum atomic E-state index is 0.0833. The minimum Gasteiger partial charge on any atom is -0.497 e. The van der Waals surface area contributed by atoms with Crippen LogP contribution in [0.5, 0.6) is 5.75 Å². The number of likely N-dealkylation sites (tertiary alicyclic amines) is 1. The molecule has 160 valence electrons. The number of amides is 1. The summed E-state index contributed by atoms with van der Waals surface area (Å²) in [5.74, 6) is 2.32. The molecule has 2 aliphatic rings. The fraction of sp³-hybridized carbons (Fsp3) is 0.375. The van der Waals surface area contributed by atoms with Crippen molar-refractivity contribution >= 4 is 11.6 Å². The first kappa shape index (κ1) is 19.8. The van der Waals surface area contributed by atoms with Gasteiger partial charge in [0.25, 0.3) is 0 Å². The quantitative estimate of drug-likeness (QED) is 0.631. The Balaban J connectivity index is 1.16. The number of hydrogen-bond donors (Lipinski definition) is 0. The molecule has 7 nitrogen and oxygen atoms in total. The van der Waals surface area contributed by atoms with E-state index in [1.165, 1.54) is 5.56 Å². The van der Waals surface area contributed by atoms with Gasteiger partial charge in [-0.3, -0.25) is 9.69 Å². The van der Waals surface area contributed by atoms with Crippen LogP contribution in [0.15, 0.2) is 53.1 Å². The predicted molar refractivity (Wildman–Crippen MR) is 117 cm³/mol. The molecule has 1 saturated heterocycles. The predicted octanol–water partition coefficient (Wildman–Crippen LogP) is 3.55. The molecule has 1 amide bonds. The first-order valence-electron chi connectivity index (χ1n) is 10.8. The van der Waals surface area contributed by atoms with Crippen molar-refractivity contribution in [3.05, 3.63) is 60.0 Å². The summed E-state index contributed by atoms with van der Waals surface area (Å²) in [6, 6.07) is 15.8. The second-order valence-electron chi connectivity index (χ2n) is 8.16. The van der Waals surface area contributed by atoms with E-state index in [0.717, 1.165) is 55.9 Å². The molecule has 0 atom stereocenters. The second-order valence-corrected chi connectivity index (χ2v) is 8.16. The molecule has 3 aromatic rings. The minimum absolute atomic E-state index is 0.0833. The van der Waals surface area contributed by atoms with Crippen molar-refractivity contribution < 1.29 is 14.1 Å². The highest BCUT2D eigenvalue weighted by molar-refractivity contribution is 5.97. The van der Waals surface area contributed by atoms with Crippen LogP contribution in [0.3, 0.4) is 0 Å². The van der Waals surface area contributed by atoms with Crippen LogP contribution >= 0.6 is 0 Å². The van der Waals surface area contributed by atoms with Crippen molar-refractivity contribution in [3.8, 4) is 17.1 Å². The van der Waals surface area contributed by atoms with Crippen LogP contribution in [0.2, 0.25) is 0 Å². The number of anilines is 1. The highest BCUT2D eigenvalue weighted by Gasteiger charge is 2.32. The lowest BCUT2D eigenvalue weighted by Gasteiger charge is -2.32. The van der Waals surface area contributed by atoms with Crippen LogP contribution in [-0.2, 0) is 17.8 Å². The van der Waals surface area contributed by atoms with Crippen LogP contribution in [-0.4, -0.2) is 47.7 Å². The molecular formula is C24H26N4O3. The number of aromatic nitrogens is 2. The Labute approximate surface area is 181 Å².